The summed E-state index contributed by atoms with van der Waals surface area (Å²) in [5, 5.41) is 3.28. The number of nitrogens with one attached hydrogen (secondary N) is 1. The van der Waals surface area contributed by atoms with Crippen LogP contribution in [0.25, 0.3) is 0 Å². The van der Waals surface area contributed by atoms with Crippen molar-refractivity contribution in [3.8, 4) is 0 Å². The van der Waals surface area contributed by atoms with Crippen LogP contribution in [0.1, 0.15) is 55.7 Å². The molecule has 1 fully saturated rings. The third-order valence-corrected chi connectivity index (χ3v) is 4.43. The first kappa shape index (κ1) is 14.6. The lowest BCUT2D eigenvalue weighted by Gasteiger charge is -2.40. The molecule has 0 saturated carbocycles. The topological polar surface area (TPSA) is 28.4 Å². The molecule has 0 bridgehead atoms. The Bertz CT molecular complexity index is 399. The standard InChI is InChI=1S/C16H28N2O/c1-12-11-16(14(3)19-12)13(2)18-10-6-5-7-15(18)8-9-17-4/h11,13,15,17H,5-10H2,1-4H3. The van der Waals surface area contributed by atoms with Gasteiger partial charge in [0.15, 0.2) is 0 Å². The number of hydrogen-bond donors (Lipinski definition) is 1. The molecule has 0 amide bonds. The van der Waals surface area contributed by atoms with Crippen LogP contribution in [0.3, 0.4) is 0 Å². The van der Waals surface area contributed by atoms with Gasteiger partial charge in [-0.3, -0.25) is 4.90 Å². The van der Waals surface area contributed by atoms with E-state index in [0.717, 1.165) is 18.1 Å². The molecule has 3 nitrogen and oxygen atoms in total. The third kappa shape index (κ3) is 3.40. The lowest BCUT2D eigenvalue weighted by Crippen LogP contribution is -2.42. The van der Waals surface area contributed by atoms with Gasteiger partial charge in [0.05, 0.1) is 0 Å². The quantitative estimate of drug-likeness (QED) is 0.883. The van der Waals surface area contributed by atoms with Crippen LogP contribution >= 0.6 is 0 Å². The molecule has 2 atom stereocenters. The van der Waals surface area contributed by atoms with Gasteiger partial charge in [-0.15, -0.1) is 0 Å². The Labute approximate surface area is 117 Å². The van der Waals surface area contributed by atoms with Crippen LogP contribution in [-0.4, -0.2) is 31.1 Å². The Balaban J connectivity index is 2.10. The zero-order valence-corrected chi connectivity index (χ0v) is 12.8. The van der Waals surface area contributed by atoms with E-state index in [0.29, 0.717) is 12.1 Å². The fourth-order valence-corrected chi connectivity index (χ4v) is 3.40. The number of likely N-dealkylation sites (tertiary alicyclic amines) is 1. The number of piperidine rings is 1. The molecular weight excluding hydrogens is 236 g/mol. The number of nitrogens with zero attached hydrogens (tertiary/aromatic N) is 1. The molecule has 1 aromatic rings. The zero-order chi connectivity index (χ0) is 13.8. The molecule has 3 heteroatoms. The minimum Gasteiger partial charge on any atom is -0.466 e. The fourth-order valence-electron chi connectivity index (χ4n) is 3.40. The molecule has 1 aromatic heterocycles. The second kappa shape index (κ2) is 6.58. The van der Waals surface area contributed by atoms with Crippen LogP contribution in [-0.2, 0) is 0 Å². The summed E-state index contributed by atoms with van der Waals surface area (Å²) in [4.78, 5) is 2.68. The first-order valence-corrected chi connectivity index (χ1v) is 7.60. The number of aryl methyl sites for hydroxylation is 2. The van der Waals surface area contributed by atoms with Crippen molar-refractivity contribution in [2.45, 2.75) is 58.5 Å². The molecular formula is C16H28N2O. The second-order valence-electron chi connectivity index (χ2n) is 5.82. The molecule has 2 rings (SSSR count). The average Bonchev–Trinajstić information content (AvgIpc) is 2.75. The van der Waals surface area contributed by atoms with Crippen molar-refractivity contribution in [3.05, 3.63) is 23.2 Å². The number of rotatable bonds is 5. The average molecular weight is 264 g/mol. The molecule has 0 radical (unpaired) electrons. The van der Waals surface area contributed by atoms with Gasteiger partial charge in [-0.05, 0) is 66.2 Å². The highest BCUT2D eigenvalue weighted by atomic mass is 16.3. The summed E-state index contributed by atoms with van der Waals surface area (Å²) in [5.74, 6) is 2.12. The maximum atomic E-state index is 5.70. The highest BCUT2D eigenvalue weighted by molar-refractivity contribution is 5.24. The van der Waals surface area contributed by atoms with Gasteiger partial charge in [0.1, 0.15) is 11.5 Å². The van der Waals surface area contributed by atoms with Crippen LogP contribution in [0.4, 0.5) is 0 Å². The second-order valence-corrected chi connectivity index (χ2v) is 5.82. The molecule has 108 valence electrons. The van der Waals surface area contributed by atoms with Gasteiger partial charge in [-0.1, -0.05) is 6.42 Å². The number of furan rings is 1. The molecule has 19 heavy (non-hydrogen) atoms. The molecule has 1 aliphatic rings. The maximum absolute atomic E-state index is 5.70. The molecule has 2 heterocycles. The van der Waals surface area contributed by atoms with E-state index in [9.17, 15) is 0 Å². The summed E-state index contributed by atoms with van der Waals surface area (Å²) in [6.07, 6.45) is 5.29. The summed E-state index contributed by atoms with van der Waals surface area (Å²) >= 11 is 0. The molecule has 0 spiro atoms. The smallest absolute Gasteiger partial charge is 0.105 e. The predicted molar refractivity (Wildman–Crippen MR) is 79.5 cm³/mol. The first-order valence-electron chi connectivity index (χ1n) is 7.60. The largest absolute Gasteiger partial charge is 0.466 e. The van der Waals surface area contributed by atoms with Crippen molar-refractivity contribution in [1.29, 1.82) is 0 Å². The van der Waals surface area contributed by atoms with Gasteiger partial charge in [0.25, 0.3) is 0 Å². The van der Waals surface area contributed by atoms with Gasteiger partial charge in [-0.2, -0.15) is 0 Å². The lowest BCUT2D eigenvalue weighted by atomic mass is 9.95. The van der Waals surface area contributed by atoms with Crippen LogP contribution < -0.4 is 5.32 Å². The molecule has 1 N–H and O–H groups in total. The van der Waals surface area contributed by atoms with Crippen molar-refractivity contribution in [2.75, 3.05) is 20.1 Å². The minimum absolute atomic E-state index is 0.472. The van der Waals surface area contributed by atoms with Gasteiger partial charge in [0, 0.05) is 17.6 Å². The summed E-state index contributed by atoms with van der Waals surface area (Å²) in [7, 11) is 2.04. The highest BCUT2D eigenvalue weighted by Gasteiger charge is 2.28. The van der Waals surface area contributed by atoms with Crippen LogP contribution in [0.2, 0.25) is 0 Å². The Morgan fingerprint density at radius 3 is 2.84 bits per heavy atom. The molecule has 1 saturated heterocycles. The van der Waals surface area contributed by atoms with E-state index in [-0.39, 0.29) is 0 Å². The van der Waals surface area contributed by atoms with Gasteiger partial charge in [0.2, 0.25) is 0 Å². The van der Waals surface area contributed by atoms with Crippen molar-refractivity contribution >= 4 is 0 Å². The SMILES string of the molecule is CNCCC1CCCCN1C(C)c1cc(C)oc1C. The summed E-state index contributed by atoms with van der Waals surface area (Å²) in [6.45, 7) is 8.79. The normalized spacial score (nSPS) is 22.6. The van der Waals surface area contributed by atoms with Crippen molar-refractivity contribution in [1.82, 2.24) is 10.2 Å². The Morgan fingerprint density at radius 1 is 1.42 bits per heavy atom. The van der Waals surface area contributed by atoms with Crippen molar-refractivity contribution in [2.24, 2.45) is 0 Å². The molecule has 0 aromatic carbocycles. The lowest BCUT2D eigenvalue weighted by molar-refractivity contribution is 0.0964. The van der Waals surface area contributed by atoms with Gasteiger partial charge in [-0.25, -0.2) is 0 Å². The van der Waals surface area contributed by atoms with Gasteiger partial charge < -0.3 is 9.73 Å². The van der Waals surface area contributed by atoms with E-state index in [4.69, 9.17) is 4.42 Å². The van der Waals surface area contributed by atoms with E-state index < -0.39 is 0 Å². The zero-order valence-electron chi connectivity index (χ0n) is 12.8. The van der Waals surface area contributed by atoms with Crippen LogP contribution in [0, 0.1) is 13.8 Å². The Morgan fingerprint density at radius 2 is 2.21 bits per heavy atom. The van der Waals surface area contributed by atoms with Crippen LogP contribution in [0.5, 0.6) is 0 Å². The molecule has 1 aliphatic heterocycles. The Hall–Kier alpha value is -0.800. The van der Waals surface area contributed by atoms with Crippen molar-refractivity contribution in [3.63, 3.8) is 0 Å². The Kier molecular flexibility index (Phi) is 5.06. The molecule has 2 unspecified atom stereocenters. The number of hydrogen-bond acceptors (Lipinski definition) is 3. The molecule has 0 aliphatic carbocycles. The first-order chi connectivity index (χ1) is 9.13. The minimum atomic E-state index is 0.472. The summed E-state index contributed by atoms with van der Waals surface area (Å²) < 4.78 is 5.70. The van der Waals surface area contributed by atoms with E-state index in [1.54, 1.807) is 0 Å². The van der Waals surface area contributed by atoms with E-state index >= 15 is 0 Å². The highest BCUT2D eigenvalue weighted by Crippen LogP contribution is 2.32. The summed E-state index contributed by atoms with van der Waals surface area (Å²) in [5.41, 5.74) is 1.37. The monoisotopic (exact) mass is 264 g/mol. The maximum Gasteiger partial charge on any atom is 0.105 e. The third-order valence-electron chi connectivity index (χ3n) is 4.43. The van der Waals surface area contributed by atoms with Gasteiger partial charge >= 0.3 is 0 Å². The fraction of sp³-hybridized carbons (Fsp3) is 0.750. The van der Waals surface area contributed by atoms with E-state index in [1.165, 1.54) is 37.8 Å². The van der Waals surface area contributed by atoms with E-state index in [2.05, 4.69) is 30.1 Å². The van der Waals surface area contributed by atoms with Crippen molar-refractivity contribution < 1.29 is 4.42 Å². The predicted octanol–water partition coefficient (Wildman–Crippen LogP) is 3.42. The summed E-state index contributed by atoms with van der Waals surface area (Å²) in [6, 6.07) is 3.40. The van der Waals surface area contributed by atoms with E-state index in [1.807, 2.05) is 14.0 Å². The van der Waals surface area contributed by atoms with Crippen LogP contribution in [0.15, 0.2) is 10.5 Å².